The molecule has 0 radical (unpaired) electrons. The van der Waals surface area contributed by atoms with Gasteiger partial charge in [-0.3, -0.25) is 14.6 Å². The topological polar surface area (TPSA) is 80.3 Å². The van der Waals surface area contributed by atoms with Crippen molar-refractivity contribution in [3.63, 3.8) is 0 Å². The number of carbonyl (C=O) groups excluding carboxylic acids is 2. The Labute approximate surface area is 165 Å². The van der Waals surface area contributed by atoms with E-state index in [1.54, 1.807) is 6.07 Å². The Balaban J connectivity index is 1.71. The molecule has 1 fully saturated rings. The molecule has 0 bridgehead atoms. The van der Waals surface area contributed by atoms with Crippen molar-refractivity contribution in [1.29, 1.82) is 0 Å². The maximum atomic E-state index is 12.8. The number of carbonyl (C=O) groups is 2. The average molecular weight is 381 g/mol. The van der Waals surface area contributed by atoms with Crippen LogP contribution >= 0.6 is 0 Å². The lowest BCUT2D eigenvalue weighted by Gasteiger charge is -2.15. The molecular formula is C22H27N3O3. The molecule has 1 aromatic heterocycles. The third-order valence-electron chi connectivity index (χ3n) is 5.01. The number of amides is 2. The molecule has 1 aromatic carbocycles. The van der Waals surface area contributed by atoms with Crippen LogP contribution in [0, 0.1) is 0 Å². The summed E-state index contributed by atoms with van der Waals surface area (Å²) in [6.45, 7) is 5.33. The summed E-state index contributed by atoms with van der Waals surface area (Å²) in [5, 5.41) is 5.86. The highest BCUT2D eigenvalue weighted by atomic mass is 16.5. The van der Waals surface area contributed by atoms with E-state index < -0.39 is 0 Å². The third kappa shape index (κ3) is 4.75. The summed E-state index contributed by atoms with van der Waals surface area (Å²) in [7, 11) is 0. The Morgan fingerprint density at radius 3 is 2.54 bits per heavy atom. The lowest BCUT2D eigenvalue weighted by Crippen LogP contribution is -2.32. The first-order chi connectivity index (χ1) is 13.6. The summed E-state index contributed by atoms with van der Waals surface area (Å²) in [5.74, 6) is -0.542. The number of nitrogens with one attached hydrogen (secondary N) is 2. The van der Waals surface area contributed by atoms with Crippen molar-refractivity contribution in [3.8, 4) is 0 Å². The average Bonchev–Trinajstić information content (AvgIpc) is 3.25. The molecule has 6 nitrogen and oxygen atoms in total. The molecular weight excluding hydrogens is 354 g/mol. The number of aromatic nitrogens is 1. The molecule has 1 aliphatic heterocycles. The Morgan fingerprint density at radius 2 is 1.89 bits per heavy atom. The minimum atomic E-state index is -0.298. The zero-order valence-electron chi connectivity index (χ0n) is 16.5. The molecule has 0 spiro atoms. The number of rotatable bonds is 7. The van der Waals surface area contributed by atoms with Gasteiger partial charge in [0, 0.05) is 30.6 Å². The number of benzene rings is 1. The Bertz CT molecular complexity index is 822. The van der Waals surface area contributed by atoms with E-state index in [1.807, 2.05) is 18.2 Å². The zero-order valence-corrected chi connectivity index (χ0v) is 16.5. The first-order valence-electron chi connectivity index (χ1n) is 9.90. The van der Waals surface area contributed by atoms with Gasteiger partial charge in [0.1, 0.15) is 5.69 Å². The summed E-state index contributed by atoms with van der Waals surface area (Å²) in [5.41, 5.74) is 3.68. The molecule has 2 heterocycles. The smallest absolute Gasteiger partial charge is 0.269 e. The van der Waals surface area contributed by atoms with Crippen LogP contribution in [0.15, 0.2) is 36.5 Å². The quantitative estimate of drug-likeness (QED) is 0.771. The standard InChI is InChI=1S/C22H27N3O3/c1-3-15-7-5-8-16(4-2)20(15)25-21(26)17-10-11-23-19(13-17)22(27)24-14-18-9-6-12-28-18/h5,7-8,10-11,13,18H,3-4,6,9,12,14H2,1-2H3,(H,24,27)(H,25,26). The number of anilines is 1. The van der Waals surface area contributed by atoms with Crippen LogP contribution < -0.4 is 10.6 Å². The van der Waals surface area contributed by atoms with E-state index in [0.717, 1.165) is 49.1 Å². The molecule has 1 aliphatic rings. The van der Waals surface area contributed by atoms with Crippen LogP contribution in [0.3, 0.4) is 0 Å². The molecule has 2 N–H and O–H groups in total. The second-order valence-electron chi connectivity index (χ2n) is 6.89. The van der Waals surface area contributed by atoms with E-state index >= 15 is 0 Å². The number of aryl methyl sites for hydroxylation is 2. The lowest BCUT2D eigenvalue weighted by molar-refractivity contribution is 0.0853. The van der Waals surface area contributed by atoms with Crippen molar-refractivity contribution in [1.82, 2.24) is 10.3 Å². The summed E-state index contributed by atoms with van der Waals surface area (Å²) in [6, 6.07) is 9.19. The molecule has 0 saturated carbocycles. The van der Waals surface area contributed by atoms with E-state index in [2.05, 4.69) is 29.5 Å². The number of ether oxygens (including phenoxy) is 1. The van der Waals surface area contributed by atoms with Crippen LogP contribution in [-0.4, -0.2) is 36.1 Å². The SMILES string of the molecule is CCc1cccc(CC)c1NC(=O)c1ccnc(C(=O)NCC2CCCO2)c1. The van der Waals surface area contributed by atoms with Gasteiger partial charge in [-0.05, 0) is 48.9 Å². The number of hydrogen-bond donors (Lipinski definition) is 2. The Hall–Kier alpha value is -2.73. The van der Waals surface area contributed by atoms with Gasteiger partial charge in [-0.2, -0.15) is 0 Å². The van der Waals surface area contributed by atoms with Gasteiger partial charge < -0.3 is 15.4 Å². The normalized spacial score (nSPS) is 16.0. The van der Waals surface area contributed by atoms with E-state index in [1.165, 1.54) is 12.3 Å². The number of hydrogen-bond acceptors (Lipinski definition) is 4. The molecule has 148 valence electrons. The number of para-hydroxylation sites is 1. The molecule has 1 atom stereocenters. The predicted octanol–water partition coefficient (Wildman–Crippen LogP) is 3.37. The van der Waals surface area contributed by atoms with Crippen LogP contribution in [0.1, 0.15) is 58.7 Å². The van der Waals surface area contributed by atoms with Crippen molar-refractivity contribution >= 4 is 17.5 Å². The monoisotopic (exact) mass is 381 g/mol. The van der Waals surface area contributed by atoms with Gasteiger partial charge in [0.2, 0.25) is 0 Å². The highest BCUT2D eigenvalue weighted by Gasteiger charge is 2.18. The predicted molar refractivity (Wildman–Crippen MR) is 109 cm³/mol. The molecule has 0 aliphatic carbocycles. The van der Waals surface area contributed by atoms with Gasteiger partial charge >= 0.3 is 0 Å². The molecule has 1 unspecified atom stereocenters. The highest BCUT2D eigenvalue weighted by Crippen LogP contribution is 2.23. The zero-order chi connectivity index (χ0) is 19.9. The van der Waals surface area contributed by atoms with E-state index in [4.69, 9.17) is 4.74 Å². The van der Waals surface area contributed by atoms with Crippen molar-refractivity contribution in [2.45, 2.75) is 45.6 Å². The third-order valence-corrected chi connectivity index (χ3v) is 5.01. The first-order valence-corrected chi connectivity index (χ1v) is 9.90. The number of pyridine rings is 1. The van der Waals surface area contributed by atoms with Crippen molar-refractivity contribution in [2.75, 3.05) is 18.5 Å². The van der Waals surface area contributed by atoms with Crippen LogP contribution in [0.2, 0.25) is 0 Å². The largest absolute Gasteiger partial charge is 0.376 e. The van der Waals surface area contributed by atoms with Gasteiger partial charge in [-0.1, -0.05) is 32.0 Å². The fourth-order valence-corrected chi connectivity index (χ4v) is 3.39. The minimum absolute atomic E-state index is 0.0634. The van der Waals surface area contributed by atoms with Crippen LogP contribution in [-0.2, 0) is 17.6 Å². The van der Waals surface area contributed by atoms with Gasteiger partial charge in [-0.25, -0.2) is 0 Å². The first kappa shape index (κ1) is 20.0. The summed E-state index contributed by atoms with van der Waals surface area (Å²) in [4.78, 5) is 29.3. The molecule has 28 heavy (non-hydrogen) atoms. The van der Waals surface area contributed by atoms with Gasteiger partial charge in [-0.15, -0.1) is 0 Å². The van der Waals surface area contributed by atoms with Crippen LogP contribution in [0.5, 0.6) is 0 Å². The lowest BCUT2D eigenvalue weighted by atomic mass is 10.0. The highest BCUT2D eigenvalue weighted by molar-refractivity contribution is 6.06. The fourth-order valence-electron chi connectivity index (χ4n) is 3.39. The van der Waals surface area contributed by atoms with E-state index in [9.17, 15) is 9.59 Å². The molecule has 1 saturated heterocycles. The van der Waals surface area contributed by atoms with Gasteiger partial charge in [0.15, 0.2) is 0 Å². The number of nitrogens with zero attached hydrogens (tertiary/aromatic N) is 1. The second kappa shape index (κ2) is 9.46. The maximum absolute atomic E-state index is 12.8. The molecule has 2 amide bonds. The maximum Gasteiger partial charge on any atom is 0.269 e. The summed E-state index contributed by atoms with van der Waals surface area (Å²) < 4.78 is 5.51. The second-order valence-corrected chi connectivity index (χ2v) is 6.89. The van der Waals surface area contributed by atoms with E-state index in [-0.39, 0.29) is 23.6 Å². The summed E-state index contributed by atoms with van der Waals surface area (Å²) in [6.07, 6.45) is 5.18. The Morgan fingerprint density at radius 1 is 1.14 bits per heavy atom. The Kier molecular flexibility index (Phi) is 6.76. The van der Waals surface area contributed by atoms with Crippen LogP contribution in [0.25, 0.3) is 0 Å². The molecule has 3 rings (SSSR count). The van der Waals surface area contributed by atoms with Gasteiger partial charge in [0.05, 0.1) is 6.10 Å². The van der Waals surface area contributed by atoms with Crippen LogP contribution in [0.4, 0.5) is 5.69 Å². The minimum Gasteiger partial charge on any atom is -0.376 e. The van der Waals surface area contributed by atoms with E-state index in [0.29, 0.717) is 12.1 Å². The van der Waals surface area contributed by atoms with Crippen molar-refractivity contribution in [2.24, 2.45) is 0 Å². The summed E-state index contributed by atoms with van der Waals surface area (Å²) >= 11 is 0. The van der Waals surface area contributed by atoms with Crippen molar-refractivity contribution < 1.29 is 14.3 Å². The van der Waals surface area contributed by atoms with Gasteiger partial charge in [0.25, 0.3) is 11.8 Å². The fraction of sp³-hybridized carbons (Fsp3) is 0.409. The molecule has 2 aromatic rings. The van der Waals surface area contributed by atoms with Crippen molar-refractivity contribution in [3.05, 3.63) is 58.9 Å². The molecule has 6 heteroatoms.